The quantitative estimate of drug-likeness (QED) is 0.539. The number of allylic oxidation sites excluding steroid dienone is 5. The molecule has 1 aliphatic rings. The molecule has 0 aliphatic heterocycles. The lowest BCUT2D eigenvalue weighted by molar-refractivity contribution is 1.17. The Kier molecular flexibility index (Phi) is 1.91. The fourth-order valence-electron chi connectivity index (χ4n) is 0.717. The highest BCUT2D eigenvalue weighted by Gasteiger charge is 1.92. The van der Waals surface area contributed by atoms with E-state index in [1.165, 1.54) is 0 Å². The second-order valence-electron chi connectivity index (χ2n) is 2.08. The Balaban J connectivity index is 2.88. The summed E-state index contributed by atoms with van der Waals surface area (Å²) in [6, 6.07) is 2.04. The molecule has 0 heterocycles. The maximum absolute atomic E-state index is 8.46. The average molecular weight is 132 g/mol. The fourth-order valence-corrected chi connectivity index (χ4v) is 0.717. The van der Waals surface area contributed by atoms with Crippen molar-refractivity contribution in [3.05, 3.63) is 35.6 Å². The van der Waals surface area contributed by atoms with Gasteiger partial charge in [-0.05, 0) is 18.2 Å². The van der Waals surface area contributed by atoms with Crippen molar-refractivity contribution in [3.63, 3.8) is 0 Å². The third-order valence-electron chi connectivity index (χ3n) is 1.26. The molecule has 50 valence electrons. The molecule has 10 heavy (non-hydrogen) atoms. The normalized spacial score (nSPS) is 16.7. The lowest BCUT2D eigenvalue weighted by Crippen LogP contribution is -1.92. The van der Waals surface area contributed by atoms with Gasteiger partial charge in [-0.3, -0.25) is 0 Å². The van der Waals surface area contributed by atoms with Crippen molar-refractivity contribution < 1.29 is 0 Å². The number of nitrogens with zero attached hydrogens (tertiary/aromatic N) is 1. The van der Waals surface area contributed by atoms with Crippen LogP contribution in [0.25, 0.3) is 0 Å². The number of rotatable bonds is 0. The minimum atomic E-state index is 0.653. The van der Waals surface area contributed by atoms with Crippen molar-refractivity contribution in [2.45, 2.75) is 6.42 Å². The molecule has 0 saturated carbocycles. The molecule has 0 aromatic carbocycles. The first-order valence-electron chi connectivity index (χ1n) is 3.06. The van der Waals surface area contributed by atoms with Crippen molar-refractivity contribution >= 4 is 0 Å². The Morgan fingerprint density at radius 1 is 1.50 bits per heavy atom. The molecular formula is C8H8N2. The van der Waals surface area contributed by atoms with E-state index < -0.39 is 0 Å². The third kappa shape index (κ3) is 1.49. The summed E-state index contributed by atoms with van der Waals surface area (Å²) < 4.78 is 0. The van der Waals surface area contributed by atoms with Crippen LogP contribution in [0.3, 0.4) is 0 Å². The molecule has 0 spiro atoms. The maximum Gasteiger partial charge on any atom is 0.0991 e. The lowest BCUT2D eigenvalue weighted by atomic mass is 10.3. The molecule has 1 rings (SSSR count). The zero-order chi connectivity index (χ0) is 7.40. The highest BCUT2D eigenvalue weighted by Crippen LogP contribution is 2.05. The second kappa shape index (κ2) is 2.88. The SMILES string of the molecule is N#CC1=CC=C(N)CC=C1. The molecule has 0 aromatic heterocycles. The lowest BCUT2D eigenvalue weighted by Gasteiger charge is -1.87. The maximum atomic E-state index is 8.46. The smallest absolute Gasteiger partial charge is 0.0991 e. The zero-order valence-corrected chi connectivity index (χ0v) is 5.54. The van der Waals surface area contributed by atoms with Gasteiger partial charge in [0.2, 0.25) is 0 Å². The van der Waals surface area contributed by atoms with Crippen molar-refractivity contribution in [1.29, 1.82) is 5.26 Å². The van der Waals surface area contributed by atoms with Crippen LogP contribution in [-0.2, 0) is 0 Å². The van der Waals surface area contributed by atoms with Crippen molar-refractivity contribution in [2.75, 3.05) is 0 Å². The van der Waals surface area contributed by atoms with Crippen LogP contribution in [0, 0.1) is 11.3 Å². The summed E-state index contributed by atoms with van der Waals surface area (Å²) in [6.45, 7) is 0. The van der Waals surface area contributed by atoms with Gasteiger partial charge in [0, 0.05) is 12.1 Å². The molecule has 0 amide bonds. The third-order valence-corrected chi connectivity index (χ3v) is 1.26. The van der Waals surface area contributed by atoms with E-state index in [1.807, 2.05) is 12.1 Å². The average Bonchev–Trinajstić information content (AvgIpc) is 2.14. The molecule has 2 heteroatoms. The van der Waals surface area contributed by atoms with Crippen LogP contribution in [0.5, 0.6) is 0 Å². The highest BCUT2D eigenvalue weighted by molar-refractivity contribution is 5.39. The Morgan fingerprint density at radius 2 is 2.30 bits per heavy atom. The molecule has 0 aromatic rings. The van der Waals surface area contributed by atoms with E-state index in [2.05, 4.69) is 0 Å². The molecule has 0 atom stereocenters. The summed E-state index contributed by atoms with van der Waals surface area (Å²) in [5.74, 6) is 0. The van der Waals surface area contributed by atoms with Crippen LogP contribution in [-0.4, -0.2) is 0 Å². The monoisotopic (exact) mass is 132 g/mol. The van der Waals surface area contributed by atoms with E-state index in [1.54, 1.807) is 18.2 Å². The molecular weight excluding hydrogens is 124 g/mol. The first-order chi connectivity index (χ1) is 4.83. The number of hydrogen-bond acceptors (Lipinski definition) is 2. The van der Waals surface area contributed by atoms with Crippen molar-refractivity contribution in [2.24, 2.45) is 5.73 Å². The van der Waals surface area contributed by atoms with Crippen LogP contribution in [0.1, 0.15) is 6.42 Å². The summed E-state index contributed by atoms with van der Waals surface area (Å²) in [7, 11) is 0. The molecule has 2 N–H and O–H groups in total. The van der Waals surface area contributed by atoms with E-state index in [0.717, 1.165) is 12.1 Å². The van der Waals surface area contributed by atoms with Crippen LogP contribution in [0.4, 0.5) is 0 Å². The van der Waals surface area contributed by atoms with E-state index in [9.17, 15) is 0 Å². The molecule has 0 unspecified atom stereocenters. The van der Waals surface area contributed by atoms with Gasteiger partial charge in [-0.25, -0.2) is 0 Å². The van der Waals surface area contributed by atoms with Gasteiger partial charge < -0.3 is 5.73 Å². The Hall–Kier alpha value is -1.49. The molecule has 0 fully saturated rings. The Labute approximate surface area is 60.0 Å². The van der Waals surface area contributed by atoms with Gasteiger partial charge in [0.15, 0.2) is 0 Å². The van der Waals surface area contributed by atoms with Crippen LogP contribution in [0.2, 0.25) is 0 Å². The molecule has 2 nitrogen and oxygen atoms in total. The second-order valence-corrected chi connectivity index (χ2v) is 2.08. The van der Waals surface area contributed by atoms with E-state index in [-0.39, 0.29) is 0 Å². The van der Waals surface area contributed by atoms with Crippen LogP contribution < -0.4 is 5.73 Å². The predicted molar refractivity (Wildman–Crippen MR) is 39.7 cm³/mol. The van der Waals surface area contributed by atoms with Gasteiger partial charge in [-0.15, -0.1) is 0 Å². The van der Waals surface area contributed by atoms with Gasteiger partial charge in [0.05, 0.1) is 11.6 Å². The largest absolute Gasteiger partial charge is 0.402 e. The van der Waals surface area contributed by atoms with Crippen LogP contribution >= 0.6 is 0 Å². The van der Waals surface area contributed by atoms with Gasteiger partial charge in [-0.2, -0.15) is 5.26 Å². The van der Waals surface area contributed by atoms with Gasteiger partial charge in [0.25, 0.3) is 0 Å². The first-order valence-corrected chi connectivity index (χ1v) is 3.06. The van der Waals surface area contributed by atoms with Gasteiger partial charge >= 0.3 is 0 Å². The van der Waals surface area contributed by atoms with E-state index in [4.69, 9.17) is 11.0 Å². The van der Waals surface area contributed by atoms with Crippen molar-refractivity contribution in [1.82, 2.24) is 0 Å². The molecule has 0 bridgehead atoms. The minimum Gasteiger partial charge on any atom is -0.402 e. The molecule has 0 saturated heterocycles. The fraction of sp³-hybridized carbons (Fsp3) is 0.125. The summed E-state index contributed by atoms with van der Waals surface area (Å²) >= 11 is 0. The van der Waals surface area contributed by atoms with Crippen molar-refractivity contribution in [3.8, 4) is 6.07 Å². The summed E-state index contributed by atoms with van der Waals surface area (Å²) in [4.78, 5) is 0. The Bertz CT molecular complexity index is 251. The van der Waals surface area contributed by atoms with E-state index >= 15 is 0 Å². The minimum absolute atomic E-state index is 0.653. The highest BCUT2D eigenvalue weighted by atomic mass is 14.6. The van der Waals surface area contributed by atoms with Gasteiger partial charge in [-0.1, -0.05) is 6.08 Å². The summed E-state index contributed by atoms with van der Waals surface area (Å²) in [5, 5.41) is 8.46. The van der Waals surface area contributed by atoms with E-state index in [0.29, 0.717) is 5.57 Å². The molecule has 1 aliphatic carbocycles. The number of nitrogens with two attached hydrogens (primary N) is 1. The number of hydrogen-bond donors (Lipinski definition) is 1. The molecule has 0 radical (unpaired) electrons. The van der Waals surface area contributed by atoms with Gasteiger partial charge in [0.1, 0.15) is 0 Å². The first kappa shape index (κ1) is 6.63. The number of nitriles is 1. The predicted octanol–water partition coefficient (Wildman–Crippen LogP) is 1.24. The Morgan fingerprint density at radius 3 is 3.00 bits per heavy atom. The zero-order valence-electron chi connectivity index (χ0n) is 5.54. The topological polar surface area (TPSA) is 49.8 Å². The standard InChI is InChI=1S/C8H8N2/c9-6-7-2-1-3-8(10)5-4-7/h1-2,4-5H,3,10H2. The summed E-state index contributed by atoms with van der Waals surface area (Å²) in [6.07, 6.45) is 7.88. The summed E-state index contributed by atoms with van der Waals surface area (Å²) in [5.41, 5.74) is 6.95. The van der Waals surface area contributed by atoms with Crippen LogP contribution in [0.15, 0.2) is 35.6 Å².